The summed E-state index contributed by atoms with van der Waals surface area (Å²) in [4.78, 5) is 45.0. The second-order valence-electron chi connectivity index (χ2n) is 8.04. The molecule has 1 amide bonds. The SMILES string of the molecule is CCOC(=O)[C@]1(Cc2ccc(F)cc2)CCCN(C(=O)c2cnc3ccccn3c2=O)C1. The van der Waals surface area contributed by atoms with Crippen molar-refractivity contribution in [1.29, 1.82) is 0 Å². The molecule has 0 spiro atoms. The summed E-state index contributed by atoms with van der Waals surface area (Å²) >= 11 is 0. The van der Waals surface area contributed by atoms with Crippen LogP contribution in [0.1, 0.15) is 35.7 Å². The molecule has 1 aliphatic heterocycles. The number of amides is 1. The molecule has 0 saturated carbocycles. The molecule has 1 atom stereocenters. The van der Waals surface area contributed by atoms with E-state index in [1.54, 1.807) is 43.5 Å². The second-order valence-corrected chi connectivity index (χ2v) is 8.04. The molecule has 0 unspecified atom stereocenters. The molecule has 3 heterocycles. The number of pyridine rings is 1. The highest BCUT2D eigenvalue weighted by Crippen LogP contribution is 2.36. The first-order valence-electron chi connectivity index (χ1n) is 10.6. The van der Waals surface area contributed by atoms with Gasteiger partial charge in [0.25, 0.3) is 11.5 Å². The van der Waals surface area contributed by atoms with E-state index in [-0.39, 0.29) is 24.5 Å². The number of ether oxygens (including phenoxy) is 1. The lowest BCUT2D eigenvalue weighted by Crippen LogP contribution is -2.52. The minimum absolute atomic E-state index is 0.0462. The molecule has 0 aliphatic carbocycles. The van der Waals surface area contributed by atoms with Crippen molar-refractivity contribution in [1.82, 2.24) is 14.3 Å². The number of fused-ring (bicyclic) bond motifs is 1. The Balaban J connectivity index is 1.66. The predicted molar refractivity (Wildman–Crippen MR) is 116 cm³/mol. The van der Waals surface area contributed by atoms with Gasteiger partial charge in [0.2, 0.25) is 0 Å². The smallest absolute Gasteiger partial charge is 0.314 e. The van der Waals surface area contributed by atoms with Crippen molar-refractivity contribution >= 4 is 17.5 Å². The number of carbonyl (C=O) groups excluding carboxylic acids is 2. The highest BCUT2D eigenvalue weighted by Gasteiger charge is 2.45. The third-order valence-electron chi connectivity index (χ3n) is 5.87. The van der Waals surface area contributed by atoms with Crippen LogP contribution in [-0.2, 0) is 16.0 Å². The topological polar surface area (TPSA) is 81.0 Å². The Hall–Kier alpha value is -3.55. The van der Waals surface area contributed by atoms with Crippen LogP contribution in [-0.4, -0.2) is 45.9 Å². The van der Waals surface area contributed by atoms with Gasteiger partial charge in [-0.1, -0.05) is 18.2 Å². The number of likely N-dealkylation sites (tertiary alicyclic amines) is 1. The molecule has 7 nitrogen and oxygen atoms in total. The summed E-state index contributed by atoms with van der Waals surface area (Å²) in [5, 5.41) is 0. The summed E-state index contributed by atoms with van der Waals surface area (Å²) in [7, 11) is 0. The molecule has 1 fully saturated rings. The van der Waals surface area contributed by atoms with Gasteiger partial charge in [0.15, 0.2) is 0 Å². The van der Waals surface area contributed by atoms with E-state index in [1.807, 2.05) is 0 Å². The van der Waals surface area contributed by atoms with Crippen LogP contribution in [0, 0.1) is 11.2 Å². The van der Waals surface area contributed by atoms with Crippen molar-refractivity contribution in [3.63, 3.8) is 0 Å². The fraction of sp³-hybridized carbons (Fsp3) is 0.333. The highest BCUT2D eigenvalue weighted by molar-refractivity contribution is 5.94. The molecule has 1 saturated heterocycles. The summed E-state index contributed by atoms with van der Waals surface area (Å²) in [6.07, 6.45) is 4.27. The fourth-order valence-corrected chi connectivity index (χ4v) is 4.31. The first-order valence-corrected chi connectivity index (χ1v) is 10.6. The number of halogens is 1. The van der Waals surface area contributed by atoms with E-state index in [4.69, 9.17) is 4.74 Å². The Kier molecular flexibility index (Phi) is 6.03. The number of aromatic nitrogens is 2. The number of carbonyl (C=O) groups is 2. The zero-order chi connectivity index (χ0) is 22.7. The van der Waals surface area contributed by atoms with Crippen molar-refractivity contribution in [3.05, 3.63) is 82.2 Å². The van der Waals surface area contributed by atoms with Crippen LogP contribution in [0.3, 0.4) is 0 Å². The minimum atomic E-state index is -0.970. The Bertz CT molecular complexity index is 1210. The van der Waals surface area contributed by atoms with E-state index in [0.29, 0.717) is 31.5 Å². The number of piperidine rings is 1. The first kappa shape index (κ1) is 21.7. The van der Waals surface area contributed by atoms with Crippen LogP contribution in [0.2, 0.25) is 0 Å². The fourth-order valence-electron chi connectivity index (χ4n) is 4.31. The number of rotatable bonds is 5. The van der Waals surface area contributed by atoms with Gasteiger partial charge in [0, 0.05) is 25.5 Å². The number of benzene rings is 1. The molecule has 3 aromatic rings. The molecular formula is C24H24FN3O4. The zero-order valence-electron chi connectivity index (χ0n) is 17.8. The molecule has 32 heavy (non-hydrogen) atoms. The van der Waals surface area contributed by atoms with Gasteiger partial charge in [0.1, 0.15) is 17.0 Å². The summed E-state index contributed by atoms with van der Waals surface area (Å²) < 4.78 is 20.1. The van der Waals surface area contributed by atoms with Crippen LogP contribution in [0.25, 0.3) is 5.65 Å². The average Bonchev–Trinajstić information content (AvgIpc) is 2.81. The highest BCUT2D eigenvalue weighted by atomic mass is 19.1. The minimum Gasteiger partial charge on any atom is -0.466 e. The Morgan fingerprint density at radius 1 is 1.19 bits per heavy atom. The molecule has 1 aliphatic rings. The van der Waals surface area contributed by atoms with Crippen LogP contribution < -0.4 is 5.56 Å². The van der Waals surface area contributed by atoms with E-state index >= 15 is 0 Å². The second kappa shape index (κ2) is 8.90. The maximum absolute atomic E-state index is 13.4. The van der Waals surface area contributed by atoms with Gasteiger partial charge in [0.05, 0.1) is 12.0 Å². The van der Waals surface area contributed by atoms with Crippen LogP contribution >= 0.6 is 0 Å². The van der Waals surface area contributed by atoms with Crippen LogP contribution in [0.15, 0.2) is 59.7 Å². The van der Waals surface area contributed by atoms with Gasteiger partial charge in [-0.15, -0.1) is 0 Å². The lowest BCUT2D eigenvalue weighted by molar-refractivity contribution is -0.158. The molecular weight excluding hydrogens is 413 g/mol. The number of nitrogens with zero attached hydrogens (tertiary/aromatic N) is 3. The lowest BCUT2D eigenvalue weighted by Gasteiger charge is -2.41. The summed E-state index contributed by atoms with van der Waals surface area (Å²) in [6, 6.07) is 11.1. The summed E-state index contributed by atoms with van der Waals surface area (Å²) in [6.45, 7) is 2.48. The third-order valence-corrected chi connectivity index (χ3v) is 5.87. The van der Waals surface area contributed by atoms with E-state index < -0.39 is 22.9 Å². The van der Waals surface area contributed by atoms with Gasteiger partial charge >= 0.3 is 5.97 Å². The first-order chi connectivity index (χ1) is 15.4. The van der Waals surface area contributed by atoms with Gasteiger partial charge in [-0.2, -0.15) is 0 Å². The van der Waals surface area contributed by atoms with Crippen LogP contribution in [0.5, 0.6) is 0 Å². The van der Waals surface area contributed by atoms with Gasteiger partial charge in [-0.3, -0.25) is 18.8 Å². The third kappa shape index (κ3) is 4.12. The molecule has 0 radical (unpaired) electrons. The molecule has 166 valence electrons. The van der Waals surface area contributed by atoms with E-state index in [1.165, 1.54) is 27.6 Å². The monoisotopic (exact) mass is 437 g/mol. The van der Waals surface area contributed by atoms with Gasteiger partial charge < -0.3 is 9.64 Å². The summed E-state index contributed by atoms with van der Waals surface area (Å²) in [5.41, 5.74) is -0.241. The lowest BCUT2D eigenvalue weighted by atomic mass is 9.75. The number of hydrogen-bond acceptors (Lipinski definition) is 5. The van der Waals surface area contributed by atoms with Crippen molar-refractivity contribution in [2.24, 2.45) is 5.41 Å². The molecule has 0 bridgehead atoms. The van der Waals surface area contributed by atoms with Crippen molar-refractivity contribution in [3.8, 4) is 0 Å². The van der Waals surface area contributed by atoms with Crippen molar-refractivity contribution < 1.29 is 18.7 Å². The average molecular weight is 437 g/mol. The predicted octanol–water partition coefficient (Wildman–Crippen LogP) is 2.86. The maximum Gasteiger partial charge on any atom is 0.314 e. The summed E-state index contributed by atoms with van der Waals surface area (Å²) in [5.74, 6) is -1.22. The van der Waals surface area contributed by atoms with E-state index in [0.717, 1.165) is 5.56 Å². The molecule has 0 N–H and O–H groups in total. The molecule has 8 heteroatoms. The quantitative estimate of drug-likeness (QED) is 0.574. The molecule has 1 aromatic carbocycles. The maximum atomic E-state index is 13.4. The number of esters is 1. The Morgan fingerprint density at radius 3 is 2.72 bits per heavy atom. The molecule has 2 aromatic heterocycles. The Morgan fingerprint density at radius 2 is 1.97 bits per heavy atom. The van der Waals surface area contributed by atoms with Crippen LogP contribution in [0.4, 0.5) is 4.39 Å². The number of hydrogen-bond donors (Lipinski definition) is 0. The molecule has 4 rings (SSSR count). The largest absolute Gasteiger partial charge is 0.466 e. The van der Waals surface area contributed by atoms with Gasteiger partial charge in [-0.05, 0) is 56.0 Å². The van der Waals surface area contributed by atoms with E-state index in [9.17, 15) is 18.8 Å². The van der Waals surface area contributed by atoms with Crippen molar-refractivity contribution in [2.75, 3.05) is 19.7 Å². The van der Waals surface area contributed by atoms with E-state index in [2.05, 4.69) is 4.98 Å². The normalized spacial score (nSPS) is 18.5. The standard InChI is InChI=1S/C24H24FN3O4/c1-2-32-23(31)24(14-17-7-9-18(25)10-8-17)11-5-12-27(16-24)21(29)19-15-26-20-6-3-4-13-28(20)22(19)30/h3-4,6-10,13,15H,2,5,11-12,14,16H2,1H3/t24-/m0/s1. The Labute approximate surface area is 184 Å². The van der Waals surface area contributed by atoms with Crippen molar-refractivity contribution in [2.45, 2.75) is 26.2 Å². The zero-order valence-corrected chi connectivity index (χ0v) is 17.8. The van der Waals surface area contributed by atoms with Gasteiger partial charge in [-0.25, -0.2) is 9.37 Å².